The molecule has 0 aromatic heterocycles. The molecule has 0 aliphatic heterocycles. The molecule has 5 nitrogen and oxygen atoms in total. The lowest BCUT2D eigenvalue weighted by Crippen LogP contribution is -2.39. The Morgan fingerprint density at radius 3 is 2.50 bits per heavy atom. The normalized spacial score (nSPS) is 13.8. The molecule has 5 heteroatoms. The number of alkyl carbamates (subject to hydrolysis) is 1. The molecule has 0 saturated carbocycles. The number of hydrogen-bond donors (Lipinski definition) is 3. The Morgan fingerprint density at radius 2 is 2.17 bits per heavy atom. The fourth-order valence-corrected chi connectivity index (χ4v) is 0.502. The number of rotatable bonds is 2. The van der Waals surface area contributed by atoms with Gasteiger partial charge < -0.3 is 20.9 Å². The Morgan fingerprint density at radius 1 is 1.67 bits per heavy atom. The van der Waals surface area contributed by atoms with Crippen molar-refractivity contribution in [1.29, 1.82) is 0 Å². The first-order valence-electron chi connectivity index (χ1n) is 3.72. The van der Waals surface area contributed by atoms with E-state index in [-0.39, 0.29) is 6.54 Å². The maximum absolute atomic E-state index is 10.9. The van der Waals surface area contributed by atoms with Crippen molar-refractivity contribution >= 4 is 6.09 Å². The molecule has 0 rings (SSSR count). The zero-order valence-electron chi connectivity index (χ0n) is 7.63. The highest BCUT2D eigenvalue weighted by atomic mass is 16.6. The van der Waals surface area contributed by atoms with Crippen molar-refractivity contribution < 1.29 is 14.6 Å². The van der Waals surface area contributed by atoms with Gasteiger partial charge in [-0.25, -0.2) is 4.79 Å². The smallest absolute Gasteiger partial charge is 0.407 e. The molecule has 1 unspecified atom stereocenters. The van der Waals surface area contributed by atoms with E-state index in [1.807, 2.05) is 0 Å². The topological polar surface area (TPSA) is 84.6 Å². The summed E-state index contributed by atoms with van der Waals surface area (Å²) in [6.07, 6.45) is -1.62. The van der Waals surface area contributed by atoms with Crippen molar-refractivity contribution in [2.75, 3.05) is 6.54 Å². The number of ether oxygens (including phenoxy) is 1. The van der Waals surface area contributed by atoms with Crippen LogP contribution < -0.4 is 11.1 Å². The summed E-state index contributed by atoms with van der Waals surface area (Å²) in [5.41, 5.74) is 4.47. The van der Waals surface area contributed by atoms with Crippen LogP contribution in [0.25, 0.3) is 0 Å². The summed E-state index contributed by atoms with van der Waals surface area (Å²) in [4.78, 5) is 10.9. The Balaban J connectivity index is 3.61. The fourth-order valence-electron chi connectivity index (χ4n) is 0.502. The third-order valence-electron chi connectivity index (χ3n) is 0.854. The molecule has 0 heterocycles. The Hall–Kier alpha value is -0.810. The van der Waals surface area contributed by atoms with Crippen molar-refractivity contribution in [3.63, 3.8) is 0 Å². The summed E-state index contributed by atoms with van der Waals surface area (Å²) < 4.78 is 4.87. The molecule has 1 atom stereocenters. The molecule has 0 aromatic carbocycles. The minimum Gasteiger partial charge on any atom is -0.444 e. The number of nitrogens with two attached hydrogens (primary N) is 1. The lowest BCUT2D eigenvalue weighted by atomic mass is 10.2. The second-order valence-corrected chi connectivity index (χ2v) is 3.45. The quantitative estimate of drug-likeness (QED) is 0.508. The van der Waals surface area contributed by atoms with Gasteiger partial charge in [0, 0.05) is 0 Å². The first kappa shape index (κ1) is 11.2. The molecule has 0 aromatic rings. The second-order valence-electron chi connectivity index (χ2n) is 3.45. The van der Waals surface area contributed by atoms with Crippen LogP contribution in [0, 0.1) is 0 Å². The number of nitrogens with one attached hydrogen (secondary N) is 1. The van der Waals surface area contributed by atoms with E-state index in [4.69, 9.17) is 15.6 Å². The van der Waals surface area contributed by atoms with E-state index in [0.717, 1.165) is 0 Å². The SMILES string of the molecule is CC(C)(C)OC(=O)NCC(N)O. The van der Waals surface area contributed by atoms with Crippen molar-refractivity contribution in [1.82, 2.24) is 5.32 Å². The van der Waals surface area contributed by atoms with Gasteiger partial charge in [-0.2, -0.15) is 0 Å². The fraction of sp³-hybridized carbons (Fsp3) is 0.857. The van der Waals surface area contributed by atoms with Crippen LogP contribution in [-0.2, 0) is 4.74 Å². The average Bonchev–Trinajstić information content (AvgIpc) is 1.79. The van der Waals surface area contributed by atoms with Crippen molar-refractivity contribution in [2.45, 2.75) is 32.6 Å². The van der Waals surface area contributed by atoms with Gasteiger partial charge in [0.15, 0.2) is 0 Å². The first-order chi connectivity index (χ1) is 5.31. The van der Waals surface area contributed by atoms with Crippen LogP contribution in [0.15, 0.2) is 0 Å². The summed E-state index contributed by atoms with van der Waals surface area (Å²) in [6.45, 7) is 5.26. The van der Waals surface area contributed by atoms with Crippen LogP contribution >= 0.6 is 0 Å². The van der Waals surface area contributed by atoms with E-state index in [1.54, 1.807) is 20.8 Å². The molecular formula is C7H16N2O3. The predicted molar refractivity (Wildman–Crippen MR) is 44.4 cm³/mol. The molecule has 0 aliphatic carbocycles. The summed E-state index contributed by atoms with van der Waals surface area (Å²) >= 11 is 0. The lowest BCUT2D eigenvalue weighted by molar-refractivity contribution is 0.0494. The van der Waals surface area contributed by atoms with Crippen LogP contribution in [0.5, 0.6) is 0 Å². The molecule has 0 radical (unpaired) electrons. The van der Waals surface area contributed by atoms with E-state index in [2.05, 4.69) is 5.32 Å². The van der Waals surface area contributed by atoms with Crippen molar-refractivity contribution in [2.24, 2.45) is 5.73 Å². The highest BCUT2D eigenvalue weighted by molar-refractivity contribution is 5.67. The van der Waals surface area contributed by atoms with Gasteiger partial charge >= 0.3 is 6.09 Å². The molecule has 1 amide bonds. The van der Waals surface area contributed by atoms with E-state index in [1.165, 1.54) is 0 Å². The second kappa shape index (κ2) is 4.27. The Labute approximate surface area is 71.9 Å². The molecule has 72 valence electrons. The van der Waals surface area contributed by atoms with Gasteiger partial charge in [-0.1, -0.05) is 0 Å². The largest absolute Gasteiger partial charge is 0.444 e. The summed E-state index contributed by atoms with van der Waals surface area (Å²) in [7, 11) is 0. The summed E-state index contributed by atoms with van der Waals surface area (Å²) in [6, 6.07) is 0. The maximum atomic E-state index is 10.9. The summed E-state index contributed by atoms with van der Waals surface area (Å²) in [5.74, 6) is 0. The molecule has 0 aliphatic rings. The average molecular weight is 176 g/mol. The van der Waals surface area contributed by atoms with E-state index < -0.39 is 17.9 Å². The van der Waals surface area contributed by atoms with Crippen LogP contribution in [-0.4, -0.2) is 29.6 Å². The molecule has 0 bridgehead atoms. The third-order valence-corrected chi connectivity index (χ3v) is 0.854. The van der Waals surface area contributed by atoms with Gasteiger partial charge in [0.25, 0.3) is 0 Å². The Bertz CT molecular complexity index is 151. The van der Waals surface area contributed by atoms with E-state index in [0.29, 0.717) is 0 Å². The third kappa shape index (κ3) is 7.30. The minimum absolute atomic E-state index is 0.00505. The zero-order valence-corrected chi connectivity index (χ0v) is 7.63. The monoisotopic (exact) mass is 176 g/mol. The summed E-state index contributed by atoms with van der Waals surface area (Å²) in [5, 5.41) is 10.9. The first-order valence-corrected chi connectivity index (χ1v) is 3.72. The van der Waals surface area contributed by atoms with Gasteiger partial charge in [0.2, 0.25) is 0 Å². The van der Waals surface area contributed by atoms with Crippen molar-refractivity contribution in [3.05, 3.63) is 0 Å². The zero-order chi connectivity index (χ0) is 9.78. The van der Waals surface area contributed by atoms with Crippen LogP contribution in [0.3, 0.4) is 0 Å². The van der Waals surface area contributed by atoms with Crippen molar-refractivity contribution in [3.8, 4) is 0 Å². The van der Waals surface area contributed by atoms with Gasteiger partial charge in [0.1, 0.15) is 11.8 Å². The molecule has 12 heavy (non-hydrogen) atoms. The number of carbonyl (C=O) groups excluding carboxylic acids is 1. The number of aliphatic hydroxyl groups excluding tert-OH is 1. The Kier molecular flexibility index (Phi) is 3.99. The molecular weight excluding hydrogens is 160 g/mol. The molecule has 0 fully saturated rings. The van der Waals surface area contributed by atoms with E-state index >= 15 is 0 Å². The van der Waals surface area contributed by atoms with Gasteiger partial charge in [-0.15, -0.1) is 0 Å². The van der Waals surface area contributed by atoms with Crippen LogP contribution in [0.4, 0.5) is 4.79 Å². The van der Waals surface area contributed by atoms with Gasteiger partial charge in [0.05, 0.1) is 6.54 Å². The highest BCUT2D eigenvalue weighted by Gasteiger charge is 2.15. The van der Waals surface area contributed by atoms with Gasteiger partial charge in [-0.05, 0) is 20.8 Å². The number of amides is 1. The van der Waals surface area contributed by atoms with Crippen LogP contribution in [0.2, 0.25) is 0 Å². The minimum atomic E-state index is -1.04. The number of hydrogen-bond acceptors (Lipinski definition) is 4. The number of aliphatic hydroxyl groups is 1. The van der Waals surface area contributed by atoms with E-state index in [9.17, 15) is 4.79 Å². The highest BCUT2D eigenvalue weighted by Crippen LogP contribution is 2.05. The lowest BCUT2D eigenvalue weighted by Gasteiger charge is -2.19. The van der Waals surface area contributed by atoms with Gasteiger partial charge in [-0.3, -0.25) is 0 Å². The van der Waals surface area contributed by atoms with Crippen LogP contribution in [0.1, 0.15) is 20.8 Å². The molecule has 0 saturated heterocycles. The predicted octanol–water partition coefficient (Wildman–Crippen LogP) is -0.212. The standard InChI is InChI=1S/C7H16N2O3/c1-7(2,3)12-6(11)9-4-5(8)10/h5,10H,4,8H2,1-3H3,(H,9,11). The molecule has 4 N–H and O–H groups in total. The maximum Gasteiger partial charge on any atom is 0.407 e. The molecule has 0 spiro atoms. The number of carbonyl (C=O) groups is 1.